The fourth-order valence-corrected chi connectivity index (χ4v) is 2.56. The van der Waals surface area contributed by atoms with Crippen LogP contribution in [-0.2, 0) is 0 Å². The molecule has 0 amide bonds. The van der Waals surface area contributed by atoms with E-state index in [0.717, 1.165) is 6.42 Å². The van der Waals surface area contributed by atoms with Crippen molar-refractivity contribution in [2.75, 3.05) is 0 Å². The van der Waals surface area contributed by atoms with E-state index in [4.69, 9.17) is 0 Å². The van der Waals surface area contributed by atoms with Crippen molar-refractivity contribution < 1.29 is 0 Å². The number of allylic oxidation sites excluding steroid dienone is 4. The second kappa shape index (κ2) is 5.05. The lowest BCUT2D eigenvalue weighted by Crippen LogP contribution is -2.03. The van der Waals surface area contributed by atoms with Crippen molar-refractivity contribution in [3.63, 3.8) is 0 Å². The minimum atomic E-state index is 0.485. The van der Waals surface area contributed by atoms with Gasteiger partial charge in [0.15, 0.2) is 0 Å². The van der Waals surface area contributed by atoms with Crippen LogP contribution in [0.3, 0.4) is 0 Å². The number of benzene rings is 2. The third-order valence-corrected chi connectivity index (χ3v) is 3.47. The normalized spacial score (nSPS) is 18.4. The summed E-state index contributed by atoms with van der Waals surface area (Å²) in [5, 5.41) is 0. The Morgan fingerprint density at radius 2 is 1.44 bits per heavy atom. The van der Waals surface area contributed by atoms with Gasteiger partial charge in [0.25, 0.3) is 0 Å². The van der Waals surface area contributed by atoms with E-state index in [9.17, 15) is 0 Å². The van der Waals surface area contributed by atoms with Gasteiger partial charge < -0.3 is 0 Å². The summed E-state index contributed by atoms with van der Waals surface area (Å²) in [4.78, 5) is 0. The van der Waals surface area contributed by atoms with E-state index in [1.807, 2.05) is 0 Å². The largest absolute Gasteiger partial charge is 0.0836 e. The molecular formula is C18H16. The molecule has 0 saturated heterocycles. The molecule has 0 saturated carbocycles. The zero-order valence-corrected chi connectivity index (χ0v) is 10.3. The van der Waals surface area contributed by atoms with E-state index in [0.29, 0.717) is 5.92 Å². The average molecular weight is 232 g/mol. The van der Waals surface area contributed by atoms with Crippen LogP contribution in [-0.4, -0.2) is 0 Å². The number of hydrogen-bond acceptors (Lipinski definition) is 0. The first-order chi connectivity index (χ1) is 8.95. The van der Waals surface area contributed by atoms with E-state index in [2.05, 4.69) is 78.9 Å². The predicted molar refractivity (Wildman–Crippen MR) is 77.4 cm³/mol. The Kier molecular flexibility index (Phi) is 3.10. The van der Waals surface area contributed by atoms with Crippen molar-refractivity contribution in [3.05, 3.63) is 90.0 Å². The first-order valence-electron chi connectivity index (χ1n) is 6.42. The highest BCUT2D eigenvalue weighted by atomic mass is 14.2. The zero-order chi connectivity index (χ0) is 12.2. The molecule has 2 aromatic rings. The summed E-state index contributed by atoms with van der Waals surface area (Å²) in [7, 11) is 0. The molecule has 0 heterocycles. The van der Waals surface area contributed by atoms with E-state index >= 15 is 0 Å². The molecule has 0 nitrogen and oxygen atoms in total. The van der Waals surface area contributed by atoms with Gasteiger partial charge in [-0.3, -0.25) is 0 Å². The van der Waals surface area contributed by atoms with Crippen LogP contribution in [0.25, 0.3) is 5.57 Å². The Morgan fingerprint density at radius 3 is 2.17 bits per heavy atom. The van der Waals surface area contributed by atoms with Crippen molar-refractivity contribution in [1.29, 1.82) is 0 Å². The quantitative estimate of drug-likeness (QED) is 0.696. The maximum absolute atomic E-state index is 2.25. The van der Waals surface area contributed by atoms with Crippen molar-refractivity contribution in [2.45, 2.75) is 12.3 Å². The van der Waals surface area contributed by atoms with Crippen molar-refractivity contribution in [1.82, 2.24) is 0 Å². The van der Waals surface area contributed by atoms with Gasteiger partial charge in [-0.15, -0.1) is 0 Å². The van der Waals surface area contributed by atoms with Gasteiger partial charge in [-0.1, -0.05) is 78.9 Å². The molecule has 1 aliphatic rings. The summed E-state index contributed by atoms with van der Waals surface area (Å²) in [6.07, 6.45) is 7.76. The minimum Gasteiger partial charge on any atom is -0.0836 e. The van der Waals surface area contributed by atoms with Crippen LogP contribution in [0.1, 0.15) is 23.5 Å². The van der Waals surface area contributed by atoms with Crippen LogP contribution in [0, 0.1) is 0 Å². The first kappa shape index (κ1) is 11.0. The molecule has 0 bridgehead atoms. The zero-order valence-electron chi connectivity index (χ0n) is 10.3. The summed E-state index contributed by atoms with van der Waals surface area (Å²) in [5.74, 6) is 0.485. The fourth-order valence-electron chi connectivity index (χ4n) is 2.56. The minimum absolute atomic E-state index is 0.485. The summed E-state index contributed by atoms with van der Waals surface area (Å²) in [6.45, 7) is 0. The molecule has 0 aromatic heterocycles. The third kappa shape index (κ3) is 2.14. The second-order valence-corrected chi connectivity index (χ2v) is 4.62. The van der Waals surface area contributed by atoms with E-state index in [1.165, 1.54) is 16.7 Å². The average Bonchev–Trinajstić information content (AvgIpc) is 2.49. The lowest BCUT2D eigenvalue weighted by atomic mass is 9.82. The molecule has 0 N–H and O–H groups in total. The summed E-state index contributed by atoms with van der Waals surface area (Å²) in [6, 6.07) is 21.4. The van der Waals surface area contributed by atoms with Crippen LogP contribution in [0.2, 0.25) is 0 Å². The molecule has 0 fully saturated rings. The van der Waals surface area contributed by atoms with Gasteiger partial charge >= 0.3 is 0 Å². The standard InChI is InChI=1S/C18H16/c1-3-9-15(10-4-1)17-13-7-8-14-18(17)16-11-5-2-6-12-16/h1-13,18H,14H2. The molecule has 1 unspecified atom stereocenters. The second-order valence-electron chi connectivity index (χ2n) is 4.62. The van der Waals surface area contributed by atoms with E-state index < -0.39 is 0 Å². The van der Waals surface area contributed by atoms with Crippen LogP contribution in [0.15, 0.2) is 78.9 Å². The monoisotopic (exact) mass is 232 g/mol. The SMILES string of the molecule is C1=CCC(c2ccccc2)C(c2ccccc2)=C1. The Balaban J connectivity index is 2.01. The van der Waals surface area contributed by atoms with Crippen LogP contribution in [0.5, 0.6) is 0 Å². The predicted octanol–water partition coefficient (Wildman–Crippen LogP) is 4.81. The number of rotatable bonds is 2. The molecule has 18 heavy (non-hydrogen) atoms. The van der Waals surface area contributed by atoms with Gasteiger partial charge in [-0.05, 0) is 23.1 Å². The molecule has 3 rings (SSSR count). The molecular weight excluding hydrogens is 216 g/mol. The highest BCUT2D eigenvalue weighted by Crippen LogP contribution is 2.37. The molecule has 0 heteroatoms. The molecule has 2 aromatic carbocycles. The van der Waals surface area contributed by atoms with Gasteiger partial charge in [0.1, 0.15) is 0 Å². The van der Waals surface area contributed by atoms with Crippen molar-refractivity contribution >= 4 is 5.57 Å². The summed E-state index contributed by atoms with van der Waals surface area (Å²) >= 11 is 0. The lowest BCUT2D eigenvalue weighted by Gasteiger charge is -2.22. The van der Waals surface area contributed by atoms with Gasteiger partial charge in [-0.2, -0.15) is 0 Å². The maximum atomic E-state index is 2.25. The molecule has 1 atom stereocenters. The Morgan fingerprint density at radius 1 is 0.778 bits per heavy atom. The van der Waals surface area contributed by atoms with Gasteiger partial charge in [0, 0.05) is 5.92 Å². The first-order valence-corrected chi connectivity index (χ1v) is 6.42. The maximum Gasteiger partial charge on any atom is 0.0130 e. The molecule has 0 spiro atoms. The topological polar surface area (TPSA) is 0 Å². The summed E-state index contributed by atoms with van der Waals surface area (Å²) in [5.41, 5.74) is 4.15. The molecule has 88 valence electrons. The van der Waals surface area contributed by atoms with E-state index in [-0.39, 0.29) is 0 Å². The fraction of sp³-hybridized carbons (Fsp3) is 0.111. The highest BCUT2D eigenvalue weighted by Gasteiger charge is 2.18. The van der Waals surface area contributed by atoms with Gasteiger partial charge in [0.05, 0.1) is 0 Å². The molecule has 0 radical (unpaired) electrons. The van der Waals surface area contributed by atoms with Crippen LogP contribution >= 0.6 is 0 Å². The Bertz CT molecular complexity index is 562. The van der Waals surface area contributed by atoms with Crippen molar-refractivity contribution in [3.8, 4) is 0 Å². The van der Waals surface area contributed by atoms with Crippen LogP contribution in [0.4, 0.5) is 0 Å². The third-order valence-electron chi connectivity index (χ3n) is 3.47. The highest BCUT2D eigenvalue weighted by molar-refractivity contribution is 5.74. The smallest absolute Gasteiger partial charge is 0.0130 e. The van der Waals surface area contributed by atoms with Gasteiger partial charge in [-0.25, -0.2) is 0 Å². The molecule has 1 aliphatic carbocycles. The van der Waals surface area contributed by atoms with Gasteiger partial charge in [0.2, 0.25) is 0 Å². The Hall–Kier alpha value is -2.08. The molecule has 0 aliphatic heterocycles. The number of hydrogen-bond donors (Lipinski definition) is 0. The summed E-state index contributed by atoms with van der Waals surface area (Å²) < 4.78 is 0. The van der Waals surface area contributed by atoms with Crippen molar-refractivity contribution in [2.24, 2.45) is 0 Å². The van der Waals surface area contributed by atoms with E-state index in [1.54, 1.807) is 0 Å². The Labute approximate surface area is 108 Å². The van der Waals surface area contributed by atoms with Crippen LogP contribution < -0.4 is 0 Å². The lowest BCUT2D eigenvalue weighted by molar-refractivity contribution is 0.874.